The minimum Gasteiger partial charge on any atom is -0.490 e. The Morgan fingerprint density at radius 1 is 0.857 bits per heavy atom. The summed E-state index contributed by atoms with van der Waals surface area (Å²) in [6.45, 7) is 8.52. The molecule has 8 heteroatoms. The third kappa shape index (κ3) is 6.54. The lowest BCUT2D eigenvalue weighted by atomic mass is 10.1. The summed E-state index contributed by atoms with van der Waals surface area (Å²) in [5.74, 6) is 0.818. The highest BCUT2D eigenvalue weighted by Crippen LogP contribution is 2.29. The highest BCUT2D eigenvalue weighted by atomic mass is 32.2. The number of sulfonamides is 1. The van der Waals surface area contributed by atoms with Gasteiger partial charge in [0.15, 0.2) is 11.5 Å². The van der Waals surface area contributed by atoms with Gasteiger partial charge in [0.1, 0.15) is 6.54 Å². The average Bonchev–Trinajstić information content (AvgIpc) is 2.85. The standard InChI is InChI=1S/C27H32N2O5S/c1-5-33-25-15-13-22(17-26(25)34-6-2)18-28-27(30)19-29(23-14-12-20(3)21(4)16-23)35(31,32)24-10-8-7-9-11-24/h7-17H,5-6,18-19H2,1-4H3,(H,28,30). The molecule has 0 saturated heterocycles. The van der Waals surface area contributed by atoms with Crippen molar-refractivity contribution in [2.75, 3.05) is 24.1 Å². The fourth-order valence-electron chi connectivity index (χ4n) is 3.51. The normalized spacial score (nSPS) is 11.1. The molecule has 0 aliphatic rings. The first-order chi connectivity index (χ1) is 16.8. The van der Waals surface area contributed by atoms with Crippen LogP contribution in [0, 0.1) is 13.8 Å². The summed E-state index contributed by atoms with van der Waals surface area (Å²) in [6, 6.07) is 18.9. The topological polar surface area (TPSA) is 84.9 Å². The second-order valence-corrected chi connectivity index (χ2v) is 9.88. The van der Waals surface area contributed by atoms with E-state index >= 15 is 0 Å². The van der Waals surface area contributed by atoms with Crippen LogP contribution < -0.4 is 19.1 Å². The Bertz CT molecular complexity index is 1260. The van der Waals surface area contributed by atoms with Gasteiger partial charge in [-0.15, -0.1) is 0 Å². The largest absolute Gasteiger partial charge is 0.490 e. The van der Waals surface area contributed by atoms with Gasteiger partial charge >= 0.3 is 0 Å². The third-order valence-corrected chi connectivity index (χ3v) is 7.28. The number of amides is 1. The van der Waals surface area contributed by atoms with Crippen LogP contribution in [-0.4, -0.2) is 34.1 Å². The van der Waals surface area contributed by atoms with Crippen LogP contribution in [0.4, 0.5) is 5.69 Å². The Morgan fingerprint density at radius 3 is 2.20 bits per heavy atom. The van der Waals surface area contributed by atoms with Crippen molar-refractivity contribution in [3.05, 3.63) is 83.4 Å². The zero-order valence-corrected chi connectivity index (χ0v) is 21.4. The van der Waals surface area contributed by atoms with Crippen LogP contribution in [0.2, 0.25) is 0 Å². The van der Waals surface area contributed by atoms with E-state index in [0.717, 1.165) is 21.0 Å². The number of benzene rings is 3. The molecule has 3 aromatic rings. The molecule has 0 fully saturated rings. The lowest BCUT2D eigenvalue weighted by molar-refractivity contribution is -0.119. The zero-order chi connectivity index (χ0) is 25.4. The first-order valence-corrected chi connectivity index (χ1v) is 13.0. The average molecular weight is 497 g/mol. The van der Waals surface area contributed by atoms with E-state index in [4.69, 9.17) is 9.47 Å². The summed E-state index contributed by atoms with van der Waals surface area (Å²) in [5, 5.41) is 2.83. The Balaban J connectivity index is 1.82. The molecule has 0 aliphatic carbocycles. The van der Waals surface area contributed by atoms with Crippen molar-refractivity contribution in [2.45, 2.75) is 39.1 Å². The van der Waals surface area contributed by atoms with Crippen molar-refractivity contribution in [2.24, 2.45) is 0 Å². The number of aryl methyl sites for hydroxylation is 2. The van der Waals surface area contributed by atoms with Crippen LogP contribution in [0.15, 0.2) is 71.6 Å². The summed E-state index contributed by atoms with van der Waals surface area (Å²) >= 11 is 0. The van der Waals surface area contributed by atoms with E-state index in [9.17, 15) is 13.2 Å². The van der Waals surface area contributed by atoms with E-state index in [1.807, 2.05) is 45.9 Å². The van der Waals surface area contributed by atoms with Gasteiger partial charge in [0.05, 0.1) is 23.8 Å². The van der Waals surface area contributed by atoms with Gasteiger partial charge in [-0.2, -0.15) is 0 Å². The Kier molecular flexibility index (Phi) is 8.76. The maximum absolute atomic E-state index is 13.5. The van der Waals surface area contributed by atoms with Gasteiger partial charge in [-0.1, -0.05) is 30.3 Å². The van der Waals surface area contributed by atoms with Gasteiger partial charge in [0.2, 0.25) is 5.91 Å². The van der Waals surface area contributed by atoms with Gasteiger partial charge in [-0.05, 0) is 80.8 Å². The molecular weight excluding hydrogens is 464 g/mol. The number of rotatable bonds is 11. The summed E-state index contributed by atoms with van der Waals surface area (Å²) in [7, 11) is -3.95. The molecule has 7 nitrogen and oxygen atoms in total. The summed E-state index contributed by atoms with van der Waals surface area (Å²) in [6.07, 6.45) is 0. The molecule has 0 aromatic heterocycles. The fraction of sp³-hybridized carbons (Fsp3) is 0.296. The number of anilines is 1. The molecule has 186 valence electrons. The summed E-state index contributed by atoms with van der Waals surface area (Å²) < 4.78 is 39.3. The summed E-state index contributed by atoms with van der Waals surface area (Å²) in [5.41, 5.74) is 3.23. The predicted octanol–water partition coefficient (Wildman–Crippen LogP) is 4.61. The second-order valence-electron chi connectivity index (χ2n) is 8.02. The number of hydrogen-bond donors (Lipinski definition) is 1. The molecule has 3 aromatic carbocycles. The van der Waals surface area contributed by atoms with Crippen LogP contribution in [0.3, 0.4) is 0 Å². The first-order valence-electron chi connectivity index (χ1n) is 11.6. The highest BCUT2D eigenvalue weighted by molar-refractivity contribution is 7.92. The molecular formula is C27H32N2O5S. The first kappa shape index (κ1) is 26.1. The lowest BCUT2D eigenvalue weighted by Crippen LogP contribution is -2.40. The Morgan fingerprint density at radius 2 is 1.54 bits per heavy atom. The maximum atomic E-state index is 13.5. The van der Waals surface area contributed by atoms with Gasteiger partial charge in [0, 0.05) is 6.54 Å². The van der Waals surface area contributed by atoms with Gasteiger partial charge < -0.3 is 14.8 Å². The maximum Gasteiger partial charge on any atom is 0.264 e. The van der Waals surface area contributed by atoms with Gasteiger partial charge in [0.25, 0.3) is 10.0 Å². The molecule has 0 saturated carbocycles. The minimum absolute atomic E-state index is 0.124. The smallest absolute Gasteiger partial charge is 0.264 e. The SMILES string of the molecule is CCOc1ccc(CNC(=O)CN(c2ccc(C)c(C)c2)S(=O)(=O)c2ccccc2)cc1OCC. The van der Waals surface area contributed by atoms with Crippen LogP contribution in [0.25, 0.3) is 0 Å². The number of carbonyl (C=O) groups excluding carboxylic acids is 1. The highest BCUT2D eigenvalue weighted by Gasteiger charge is 2.27. The number of ether oxygens (including phenoxy) is 2. The van der Waals surface area contributed by atoms with E-state index in [2.05, 4.69) is 5.32 Å². The Hall–Kier alpha value is -3.52. The molecule has 0 heterocycles. The molecule has 0 unspecified atom stereocenters. The van der Waals surface area contributed by atoms with Crippen molar-refractivity contribution < 1.29 is 22.7 Å². The monoisotopic (exact) mass is 496 g/mol. The van der Waals surface area contributed by atoms with Crippen molar-refractivity contribution in [3.8, 4) is 11.5 Å². The van der Waals surface area contributed by atoms with E-state index in [0.29, 0.717) is 30.4 Å². The van der Waals surface area contributed by atoms with E-state index in [-0.39, 0.29) is 18.0 Å². The van der Waals surface area contributed by atoms with E-state index < -0.39 is 15.9 Å². The molecule has 0 atom stereocenters. The number of nitrogens with zero attached hydrogens (tertiary/aromatic N) is 1. The summed E-state index contributed by atoms with van der Waals surface area (Å²) in [4.78, 5) is 13.1. The lowest BCUT2D eigenvalue weighted by Gasteiger charge is -2.25. The van der Waals surface area contributed by atoms with Gasteiger partial charge in [-0.25, -0.2) is 8.42 Å². The molecule has 3 rings (SSSR count). The van der Waals surface area contributed by atoms with E-state index in [1.165, 1.54) is 12.1 Å². The molecule has 0 spiro atoms. The molecule has 0 aliphatic heterocycles. The molecule has 0 bridgehead atoms. The molecule has 1 amide bonds. The van der Waals surface area contributed by atoms with E-state index in [1.54, 1.807) is 36.4 Å². The minimum atomic E-state index is -3.95. The second kappa shape index (κ2) is 11.8. The van der Waals surface area contributed by atoms with Crippen molar-refractivity contribution >= 4 is 21.6 Å². The van der Waals surface area contributed by atoms with Crippen LogP contribution in [-0.2, 0) is 21.4 Å². The van der Waals surface area contributed by atoms with Crippen molar-refractivity contribution in [1.82, 2.24) is 5.32 Å². The number of hydrogen-bond acceptors (Lipinski definition) is 5. The number of nitrogens with one attached hydrogen (secondary N) is 1. The molecule has 35 heavy (non-hydrogen) atoms. The quantitative estimate of drug-likeness (QED) is 0.419. The Labute approximate surface area is 207 Å². The van der Waals surface area contributed by atoms with Crippen LogP contribution >= 0.6 is 0 Å². The van der Waals surface area contributed by atoms with Gasteiger partial charge in [-0.3, -0.25) is 9.10 Å². The third-order valence-electron chi connectivity index (χ3n) is 5.49. The van der Waals surface area contributed by atoms with Crippen LogP contribution in [0.5, 0.6) is 11.5 Å². The van der Waals surface area contributed by atoms with Crippen molar-refractivity contribution in [1.29, 1.82) is 0 Å². The number of carbonyl (C=O) groups is 1. The zero-order valence-electron chi connectivity index (χ0n) is 20.6. The van der Waals surface area contributed by atoms with Crippen molar-refractivity contribution in [3.63, 3.8) is 0 Å². The predicted molar refractivity (Wildman–Crippen MR) is 138 cm³/mol. The van der Waals surface area contributed by atoms with Crippen LogP contribution in [0.1, 0.15) is 30.5 Å². The fourth-order valence-corrected chi connectivity index (χ4v) is 4.94. The molecule has 0 radical (unpaired) electrons. The molecule has 1 N–H and O–H groups in total.